The smallest absolute Gasteiger partial charge is 0.339 e. The van der Waals surface area contributed by atoms with Crippen LogP contribution in [0.5, 0.6) is 5.75 Å². The van der Waals surface area contributed by atoms with Crippen LogP contribution in [-0.2, 0) is 4.79 Å². The highest BCUT2D eigenvalue weighted by molar-refractivity contribution is 6.11. The molecule has 3 N–H and O–H groups in total. The molecule has 30 heavy (non-hydrogen) atoms. The number of benzene rings is 3. The molecule has 1 aliphatic heterocycles. The van der Waals surface area contributed by atoms with Gasteiger partial charge in [-0.1, -0.05) is 36.4 Å². The number of aromatic carboxylic acids is 1. The summed E-state index contributed by atoms with van der Waals surface area (Å²) < 4.78 is 14.5. The van der Waals surface area contributed by atoms with E-state index in [0.29, 0.717) is 16.9 Å². The number of nitrogens with one attached hydrogen (secondary N) is 1. The molecule has 1 heterocycles. The predicted molar refractivity (Wildman–Crippen MR) is 110 cm³/mol. The molecule has 6 nitrogen and oxygen atoms in total. The maximum absolute atomic E-state index is 14.5. The zero-order valence-electron chi connectivity index (χ0n) is 15.6. The fourth-order valence-electron chi connectivity index (χ4n) is 3.41. The Kier molecular flexibility index (Phi) is 4.93. The standard InChI is InChI=1S/C23H17FN2O4/c24-18-9-5-4-8-16(18)20-13-19(22(28)26(20)15-6-2-1-3-7-15)25-14-10-11-17(23(29)30)21(27)12-14/h1-13,20,25,27H,(H,29,30)/t20-/m1/s1. The Morgan fingerprint density at radius 3 is 2.37 bits per heavy atom. The molecule has 0 aliphatic carbocycles. The lowest BCUT2D eigenvalue weighted by Gasteiger charge is -2.25. The molecule has 0 spiro atoms. The van der Waals surface area contributed by atoms with Crippen molar-refractivity contribution in [3.63, 3.8) is 0 Å². The second kappa shape index (κ2) is 7.71. The first-order chi connectivity index (χ1) is 14.5. The third-order valence-electron chi connectivity index (χ3n) is 4.82. The van der Waals surface area contributed by atoms with E-state index in [1.165, 1.54) is 29.2 Å². The van der Waals surface area contributed by atoms with Gasteiger partial charge in [0.05, 0.1) is 6.04 Å². The van der Waals surface area contributed by atoms with Crippen molar-refractivity contribution in [3.05, 3.63) is 102 Å². The van der Waals surface area contributed by atoms with Crippen molar-refractivity contribution in [3.8, 4) is 5.75 Å². The van der Waals surface area contributed by atoms with E-state index in [4.69, 9.17) is 5.11 Å². The Balaban J connectivity index is 1.72. The summed E-state index contributed by atoms with van der Waals surface area (Å²) in [6.07, 6.45) is 1.61. The van der Waals surface area contributed by atoms with Crippen LogP contribution in [0.3, 0.4) is 0 Å². The average Bonchev–Trinajstić information content (AvgIpc) is 3.04. The Morgan fingerprint density at radius 2 is 1.70 bits per heavy atom. The van der Waals surface area contributed by atoms with Gasteiger partial charge in [-0.15, -0.1) is 0 Å². The number of amides is 1. The molecule has 0 fully saturated rings. The molecule has 3 aromatic carbocycles. The molecule has 4 rings (SSSR count). The molecule has 1 amide bonds. The van der Waals surface area contributed by atoms with Crippen molar-refractivity contribution < 1.29 is 24.2 Å². The topological polar surface area (TPSA) is 89.9 Å². The molecular formula is C23H17FN2O4. The molecule has 1 atom stereocenters. The summed E-state index contributed by atoms with van der Waals surface area (Å²) in [5.41, 5.74) is 1.22. The number of hydrogen-bond donors (Lipinski definition) is 3. The van der Waals surface area contributed by atoms with Crippen LogP contribution in [0.2, 0.25) is 0 Å². The minimum Gasteiger partial charge on any atom is -0.507 e. The molecule has 3 aromatic rings. The number of aromatic hydroxyl groups is 1. The van der Waals surface area contributed by atoms with Crippen molar-refractivity contribution in [2.75, 3.05) is 10.2 Å². The Bertz CT molecular complexity index is 1160. The van der Waals surface area contributed by atoms with Crippen LogP contribution in [0.1, 0.15) is 22.0 Å². The maximum atomic E-state index is 14.5. The van der Waals surface area contributed by atoms with Crippen LogP contribution in [-0.4, -0.2) is 22.1 Å². The second-order valence-electron chi connectivity index (χ2n) is 6.72. The van der Waals surface area contributed by atoms with Gasteiger partial charge in [-0.25, -0.2) is 9.18 Å². The molecule has 1 aliphatic rings. The fourth-order valence-corrected chi connectivity index (χ4v) is 3.41. The van der Waals surface area contributed by atoms with Gasteiger partial charge in [-0.2, -0.15) is 0 Å². The van der Waals surface area contributed by atoms with E-state index < -0.39 is 23.6 Å². The van der Waals surface area contributed by atoms with Gasteiger partial charge in [0.1, 0.15) is 22.8 Å². The average molecular weight is 404 g/mol. The lowest BCUT2D eigenvalue weighted by Crippen LogP contribution is -2.31. The number of anilines is 2. The number of para-hydroxylation sites is 1. The van der Waals surface area contributed by atoms with E-state index in [1.807, 2.05) is 6.07 Å². The molecule has 0 aromatic heterocycles. The number of nitrogens with zero attached hydrogens (tertiary/aromatic N) is 1. The van der Waals surface area contributed by atoms with Gasteiger partial charge in [-0.3, -0.25) is 9.69 Å². The van der Waals surface area contributed by atoms with Gasteiger partial charge in [0, 0.05) is 23.0 Å². The van der Waals surface area contributed by atoms with Gasteiger partial charge in [0.15, 0.2) is 0 Å². The van der Waals surface area contributed by atoms with Crippen molar-refractivity contribution in [1.29, 1.82) is 0 Å². The van der Waals surface area contributed by atoms with Gasteiger partial charge in [-0.05, 0) is 36.4 Å². The first kappa shape index (κ1) is 19.2. The van der Waals surface area contributed by atoms with E-state index in [0.717, 1.165) is 0 Å². The van der Waals surface area contributed by atoms with Crippen LogP contribution in [0.4, 0.5) is 15.8 Å². The molecule has 0 bridgehead atoms. The number of carboxylic acid groups (broad SMARTS) is 1. The van der Waals surface area contributed by atoms with E-state index >= 15 is 0 Å². The number of phenols is 1. The highest BCUT2D eigenvalue weighted by Gasteiger charge is 2.36. The summed E-state index contributed by atoms with van der Waals surface area (Å²) in [4.78, 5) is 25.7. The number of carboxylic acids is 1. The number of carbonyl (C=O) groups excluding carboxylic acids is 1. The molecule has 150 valence electrons. The van der Waals surface area contributed by atoms with Crippen molar-refractivity contribution in [2.45, 2.75) is 6.04 Å². The third kappa shape index (κ3) is 3.48. The minimum atomic E-state index is -1.26. The quantitative estimate of drug-likeness (QED) is 0.590. The lowest BCUT2D eigenvalue weighted by molar-refractivity contribution is -0.114. The predicted octanol–water partition coefficient (Wildman–Crippen LogP) is 4.31. The molecule has 0 saturated carbocycles. The third-order valence-corrected chi connectivity index (χ3v) is 4.82. The van der Waals surface area contributed by atoms with E-state index in [1.54, 1.807) is 48.5 Å². The summed E-state index contributed by atoms with van der Waals surface area (Å²) in [7, 11) is 0. The number of carbonyl (C=O) groups is 2. The highest BCUT2D eigenvalue weighted by Crippen LogP contribution is 2.37. The van der Waals surface area contributed by atoms with Crippen molar-refractivity contribution in [1.82, 2.24) is 0 Å². The molecule has 0 saturated heterocycles. The van der Waals surface area contributed by atoms with Crippen molar-refractivity contribution in [2.24, 2.45) is 0 Å². The molecule has 7 heteroatoms. The van der Waals surface area contributed by atoms with Gasteiger partial charge < -0.3 is 15.5 Å². The highest BCUT2D eigenvalue weighted by atomic mass is 19.1. The monoisotopic (exact) mass is 404 g/mol. The number of halogens is 1. The van der Waals surface area contributed by atoms with Crippen LogP contribution >= 0.6 is 0 Å². The molecular weight excluding hydrogens is 387 g/mol. The number of hydrogen-bond acceptors (Lipinski definition) is 4. The SMILES string of the molecule is O=C(O)c1ccc(NC2=C[C@H](c3ccccc3F)N(c3ccccc3)C2=O)cc1O. The fraction of sp³-hybridized carbons (Fsp3) is 0.0435. The maximum Gasteiger partial charge on any atom is 0.339 e. The Labute approximate surface area is 171 Å². The van der Waals surface area contributed by atoms with E-state index in [2.05, 4.69) is 5.32 Å². The van der Waals surface area contributed by atoms with Gasteiger partial charge in [0.2, 0.25) is 0 Å². The normalized spacial score (nSPS) is 15.8. The summed E-state index contributed by atoms with van der Waals surface area (Å²) in [5.74, 6) is -2.50. The van der Waals surface area contributed by atoms with E-state index in [9.17, 15) is 19.1 Å². The largest absolute Gasteiger partial charge is 0.507 e. The van der Waals surface area contributed by atoms with Crippen LogP contribution in [0.25, 0.3) is 0 Å². The van der Waals surface area contributed by atoms with E-state index in [-0.39, 0.29) is 17.2 Å². The molecule has 0 radical (unpaired) electrons. The Hall–Kier alpha value is -4.13. The number of rotatable bonds is 5. The van der Waals surface area contributed by atoms with Crippen LogP contribution in [0, 0.1) is 5.82 Å². The summed E-state index contributed by atoms with van der Waals surface area (Å²) >= 11 is 0. The Morgan fingerprint density at radius 1 is 1.00 bits per heavy atom. The first-order valence-corrected chi connectivity index (χ1v) is 9.14. The zero-order chi connectivity index (χ0) is 21.3. The summed E-state index contributed by atoms with van der Waals surface area (Å²) in [6.45, 7) is 0. The van der Waals surface area contributed by atoms with Gasteiger partial charge in [0.25, 0.3) is 5.91 Å². The molecule has 0 unspecified atom stereocenters. The second-order valence-corrected chi connectivity index (χ2v) is 6.72. The van der Waals surface area contributed by atoms with Gasteiger partial charge >= 0.3 is 5.97 Å². The first-order valence-electron chi connectivity index (χ1n) is 9.14. The minimum absolute atomic E-state index is 0.189. The van der Waals surface area contributed by atoms with Crippen molar-refractivity contribution >= 4 is 23.3 Å². The lowest BCUT2D eigenvalue weighted by atomic mass is 10.1. The van der Waals surface area contributed by atoms with Crippen LogP contribution < -0.4 is 10.2 Å². The zero-order valence-corrected chi connectivity index (χ0v) is 15.6. The summed E-state index contributed by atoms with van der Waals surface area (Å²) in [5, 5.41) is 21.9. The summed E-state index contributed by atoms with van der Waals surface area (Å²) in [6, 6.07) is 18.4. The van der Waals surface area contributed by atoms with Crippen LogP contribution in [0.15, 0.2) is 84.6 Å².